The van der Waals surface area contributed by atoms with Crippen LogP contribution >= 0.6 is 11.6 Å². The van der Waals surface area contributed by atoms with Gasteiger partial charge in [-0.25, -0.2) is 0 Å². The zero-order valence-corrected chi connectivity index (χ0v) is 14.4. The van der Waals surface area contributed by atoms with Crippen molar-refractivity contribution in [3.8, 4) is 5.75 Å². The van der Waals surface area contributed by atoms with Crippen LogP contribution in [0.15, 0.2) is 48.5 Å². The molecule has 24 heavy (non-hydrogen) atoms. The summed E-state index contributed by atoms with van der Waals surface area (Å²) in [5, 5.41) is 3.69. The molecule has 0 radical (unpaired) electrons. The molecule has 0 spiro atoms. The summed E-state index contributed by atoms with van der Waals surface area (Å²) in [5.41, 5.74) is 1.67. The molecule has 1 aliphatic heterocycles. The van der Waals surface area contributed by atoms with Gasteiger partial charge in [-0.1, -0.05) is 29.8 Å². The monoisotopic (exact) mass is 344 g/mol. The summed E-state index contributed by atoms with van der Waals surface area (Å²) in [6, 6.07) is 15.1. The van der Waals surface area contributed by atoms with Crippen LogP contribution in [-0.4, -0.2) is 32.1 Å². The van der Waals surface area contributed by atoms with E-state index in [1.807, 2.05) is 18.2 Å². The first-order chi connectivity index (χ1) is 11.7. The van der Waals surface area contributed by atoms with Crippen LogP contribution in [0.4, 0.5) is 5.69 Å². The van der Waals surface area contributed by atoms with Gasteiger partial charge in [0.1, 0.15) is 5.75 Å². The molecular weight excluding hydrogens is 324 g/mol. The second kappa shape index (κ2) is 7.58. The van der Waals surface area contributed by atoms with Crippen LogP contribution in [-0.2, 0) is 0 Å². The van der Waals surface area contributed by atoms with Gasteiger partial charge in [-0.15, -0.1) is 0 Å². The number of hydrogen-bond acceptors (Lipinski definition) is 3. The minimum absolute atomic E-state index is 0.0793. The van der Waals surface area contributed by atoms with Crippen molar-refractivity contribution in [3.63, 3.8) is 0 Å². The van der Waals surface area contributed by atoms with Crippen LogP contribution in [0.5, 0.6) is 5.75 Å². The number of hydrogen-bond donors (Lipinski definition) is 1. The number of halogens is 1. The maximum atomic E-state index is 12.4. The fourth-order valence-corrected chi connectivity index (χ4v) is 3.29. The second-order valence-corrected chi connectivity index (χ2v) is 6.38. The topological polar surface area (TPSA) is 41.6 Å². The molecule has 5 heteroatoms. The Morgan fingerprint density at radius 1 is 1.25 bits per heavy atom. The first-order valence-corrected chi connectivity index (χ1v) is 8.49. The highest BCUT2D eigenvalue weighted by molar-refractivity contribution is 6.30. The summed E-state index contributed by atoms with van der Waals surface area (Å²) in [4.78, 5) is 14.7. The van der Waals surface area contributed by atoms with Crippen molar-refractivity contribution in [2.75, 3.05) is 25.1 Å². The normalized spacial score (nSPS) is 17.4. The number of piperidine rings is 1. The minimum Gasteiger partial charge on any atom is -0.495 e. The number of nitrogens with one attached hydrogen (secondary N) is 1. The summed E-state index contributed by atoms with van der Waals surface area (Å²) < 4.78 is 5.45. The lowest BCUT2D eigenvalue weighted by Crippen LogP contribution is -2.47. The van der Waals surface area contributed by atoms with E-state index in [2.05, 4.69) is 16.3 Å². The third-order valence-corrected chi connectivity index (χ3v) is 4.50. The lowest BCUT2D eigenvalue weighted by atomic mass is 10.0. The largest absolute Gasteiger partial charge is 0.495 e. The number of anilines is 1. The van der Waals surface area contributed by atoms with Gasteiger partial charge in [0.25, 0.3) is 5.91 Å². The molecule has 0 aromatic heterocycles. The smallest absolute Gasteiger partial charge is 0.251 e. The van der Waals surface area contributed by atoms with E-state index < -0.39 is 0 Å². The number of carbonyl (C=O) groups is 1. The third kappa shape index (κ3) is 3.82. The van der Waals surface area contributed by atoms with Crippen molar-refractivity contribution in [3.05, 3.63) is 59.1 Å². The molecule has 3 rings (SSSR count). The molecule has 4 nitrogen and oxygen atoms in total. The Hall–Kier alpha value is -2.20. The SMILES string of the molecule is COc1ccccc1N1CCCC(NC(=O)c2cccc(Cl)c2)C1. The lowest BCUT2D eigenvalue weighted by Gasteiger charge is -2.35. The van der Waals surface area contributed by atoms with Crippen molar-refractivity contribution < 1.29 is 9.53 Å². The summed E-state index contributed by atoms with van der Waals surface area (Å²) >= 11 is 5.97. The number of methoxy groups -OCH3 is 1. The van der Waals surface area contributed by atoms with E-state index in [9.17, 15) is 4.79 Å². The van der Waals surface area contributed by atoms with Gasteiger partial charge in [0.2, 0.25) is 0 Å². The van der Waals surface area contributed by atoms with Crippen LogP contribution in [0.3, 0.4) is 0 Å². The van der Waals surface area contributed by atoms with Crippen LogP contribution < -0.4 is 15.0 Å². The Bertz CT molecular complexity index is 720. The Balaban J connectivity index is 1.68. The van der Waals surface area contributed by atoms with Gasteiger partial charge in [-0.05, 0) is 43.2 Å². The number of amides is 1. The lowest BCUT2D eigenvalue weighted by molar-refractivity contribution is 0.0933. The average Bonchev–Trinajstić information content (AvgIpc) is 2.62. The van der Waals surface area contributed by atoms with E-state index in [1.165, 1.54) is 0 Å². The standard InChI is InChI=1S/C19H21ClN2O2/c1-24-18-10-3-2-9-17(18)22-11-5-8-16(13-22)21-19(23)14-6-4-7-15(20)12-14/h2-4,6-7,9-10,12,16H,5,8,11,13H2,1H3,(H,21,23). The molecule has 1 fully saturated rings. The molecule has 1 unspecified atom stereocenters. The van der Waals surface area contributed by atoms with Gasteiger partial charge in [0.15, 0.2) is 0 Å². The van der Waals surface area contributed by atoms with Crippen molar-refractivity contribution in [1.29, 1.82) is 0 Å². The molecule has 1 amide bonds. The molecule has 1 atom stereocenters. The van der Waals surface area contributed by atoms with E-state index in [1.54, 1.807) is 31.4 Å². The number of rotatable bonds is 4. The molecule has 1 saturated heterocycles. The molecule has 0 aliphatic carbocycles. The van der Waals surface area contributed by atoms with Crippen LogP contribution in [0.1, 0.15) is 23.2 Å². The second-order valence-electron chi connectivity index (χ2n) is 5.94. The summed E-state index contributed by atoms with van der Waals surface area (Å²) in [6.45, 7) is 1.73. The van der Waals surface area contributed by atoms with Gasteiger partial charge in [-0.2, -0.15) is 0 Å². The fourth-order valence-electron chi connectivity index (χ4n) is 3.10. The van der Waals surface area contributed by atoms with Crippen LogP contribution in [0, 0.1) is 0 Å². The van der Waals surface area contributed by atoms with Crippen molar-refractivity contribution >= 4 is 23.2 Å². The molecule has 2 aromatic rings. The predicted octanol–water partition coefficient (Wildman–Crippen LogP) is 3.75. The van der Waals surface area contributed by atoms with E-state index in [-0.39, 0.29) is 11.9 Å². The van der Waals surface area contributed by atoms with Gasteiger partial charge in [-0.3, -0.25) is 4.79 Å². The molecule has 1 aliphatic rings. The predicted molar refractivity (Wildman–Crippen MR) is 97.1 cm³/mol. The van der Waals surface area contributed by atoms with Crippen LogP contribution in [0.2, 0.25) is 5.02 Å². The number of ether oxygens (including phenoxy) is 1. The van der Waals surface area contributed by atoms with Crippen molar-refractivity contribution in [2.24, 2.45) is 0 Å². The fraction of sp³-hybridized carbons (Fsp3) is 0.316. The minimum atomic E-state index is -0.0793. The van der Waals surface area contributed by atoms with Gasteiger partial charge < -0.3 is 15.0 Å². The van der Waals surface area contributed by atoms with Crippen molar-refractivity contribution in [1.82, 2.24) is 5.32 Å². The number of carbonyl (C=O) groups excluding carboxylic acids is 1. The Kier molecular flexibility index (Phi) is 5.26. The number of benzene rings is 2. The molecule has 0 saturated carbocycles. The van der Waals surface area contributed by atoms with Gasteiger partial charge in [0, 0.05) is 29.7 Å². The van der Waals surface area contributed by atoms with E-state index in [0.29, 0.717) is 10.6 Å². The summed E-state index contributed by atoms with van der Waals surface area (Å²) in [7, 11) is 1.68. The van der Waals surface area contributed by atoms with Crippen molar-refractivity contribution in [2.45, 2.75) is 18.9 Å². The molecular formula is C19H21ClN2O2. The average molecular weight is 345 g/mol. The maximum Gasteiger partial charge on any atom is 0.251 e. The maximum absolute atomic E-state index is 12.4. The summed E-state index contributed by atoms with van der Waals surface area (Å²) in [6.07, 6.45) is 2.00. The quantitative estimate of drug-likeness (QED) is 0.918. The molecule has 1 heterocycles. The Morgan fingerprint density at radius 3 is 2.88 bits per heavy atom. The molecule has 1 N–H and O–H groups in total. The Morgan fingerprint density at radius 2 is 2.08 bits per heavy atom. The Labute approximate surface area is 147 Å². The van der Waals surface area contributed by atoms with E-state index >= 15 is 0 Å². The highest BCUT2D eigenvalue weighted by Gasteiger charge is 2.23. The first-order valence-electron chi connectivity index (χ1n) is 8.12. The highest BCUT2D eigenvalue weighted by Crippen LogP contribution is 2.29. The number of para-hydroxylation sites is 2. The zero-order chi connectivity index (χ0) is 16.9. The van der Waals surface area contributed by atoms with Gasteiger partial charge >= 0.3 is 0 Å². The molecule has 2 aromatic carbocycles. The summed E-state index contributed by atoms with van der Waals surface area (Å²) in [5.74, 6) is 0.781. The zero-order valence-electron chi connectivity index (χ0n) is 13.7. The first kappa shape index (κ1) is 16.7. The molecule has 126 valence electrons. The van der Waals surface area contributed by atoms with E-state index in [0.717, 1.165) is 37.4 Å². The van der Waals surface area contributed by atoms with E-state index in [4.69, 9.17) is 16.3 Å². The number of nitrogens with zero attached hydrogens (tertiary/aromatic N) is 1. The molecule has 0 bridgehead atoms. The van der Waals surface area contributed by atoms with Crippen LogP contribution in [0.25, 0.3) is 0 Å². The highest BCUT2D eigenvalue weighted by atomic mass is 35.5. The third-order valence-electron chi connectivity index (χ3n) is 4.27. The van der Waals surface area contributed by atoms with Gasteiger partial charge in [0.05, 0.1) is 12.8 Å².